The summed E-state index contributed by atoms with van der Waals surface area (Å²) in [4.78, 5) is 28.1. The molecule has 27 heavy (non-hydrogen) atoms. The molecule has 2 aromatic rings. The summed E-state index contributed by atoms with van der Waals surface area (Å²) in [6.45, 7) is 0. The van der Waals surface area contributed by atoms with Crippen LogP contribution in [-0.4, -0.2) is 39.8 Å². The number of benzene rings is 1. The van der Waals surface area contributed by atoms with E-state index in [0.29, 0.717) is 16.4 Å². The highest BCUT2D eigenvalue weighted by molar-refractivity contribution is 7.99. The first-order valence-electron chi connectivity index (χ1n) is 9.30. The Hall–Kier alpha value is -2.35. The number of nitrogens with one attached hydrogen (secondary N) is 3. The normalized spacial score (nSPS) is 14.3. The average molecular weight is 388 g/mol. The SMILES string of the molecule is CNC(=O)c1ccc(NC(=O)CSc2n[nH]c(CCC3CCCC3)n2)cc1. The number of thioether (sulfide) groups is 1. The molecule has 2 amide bonds. The van der Waals surface area contributed by atoms with Crippen molar-refractivity contribution in [2.75, 3.05) is 18.1 Å². The zero-order valence-corrected chi connectivity index (χ0v) is 16.3. The lowest BCUT2D eigenvalue weighted by Gasteiger charge is -2.06. The van der Waals surface area contributed by atoms with Gasteiger partial charge in [0.1, 0.15) is 5.82 Å². The van der Waals surface area contributed by atoms with Crippen molar-refractivity contribution < 1.29 is 9.59 Å². The highest BCUT2D eigenvalue weighted by atomic mass is 32.2. The Morgan fingerprint density at radius 3 is 2.67 bits per heavy atom. The summed E-state index contributed by atoms with van der Waals surface area (Å²) in [5.74, 6) is 1.67. The minimum absolute atomic E-state index is 0.134. The predicted molar refractivity (Wildman–Crippen MR) is 106 cm³/mol. The van der Waals surface area contributed by atoms with Crippen molar-refractivity contribution in [2.45, 2.75) is 43.7 Å². The monoisotopic (exact) mass is 387 g/mol. The highest BCUT2D eigenvalue weighted by Gasteiger charge is 2.16. The second kappa shape index (κ2) is 9.55. The summed E-state index contributed by atoms with van der Waals surface area (Å²) in [7, 11) is 1.58. The first-order chi connectivity index (χ1) is 13.1. The van der Waals surface area contributed by atoms with Gasteiger partial charge in [0, 0.05) is 24.7 Å². The number of aromatic amines is 1. The number of amides is 2. The van der Waals surface area contributed by atoms with E-state index in [0.717, 1.165) is 24.6 Å². The van der Waals surface area contributed by atoms with Crippen molar-refractivity contribution in [1.82, 2.24) is 20.5 Å². The molecule has 8 heteroatoms. The van der Waals surface area contributed by atoms with Gasteiger partial charge in [-0.2, -0.15) is 0 Å². The van der Waals surface area contributed by atoms with Crippen LogP contribution < -0.4 is 10.6 Å². The predicted octanol–water partition coefficient (Wildman–Crippen LogP) is 3.02. The number of nitrogens with zero attached hydrogens (tertiary/aromatic N) is 2. The van der Waals surface area contributed by atoms with E-state index in [2.05, 4.69) is 25.8 Å². The van der Waals surface area contributed by atoms with E-state index in [1.54, 1.807) is 31.3 Å². The molecule has 0 atom stereocenters. The summed E-state index contributed by atoms with van der Waals surface area (Å²) >= 11 is 1.31. The zero-order valence-electron chi connectivity index (χ0n) is 15.5. The van der Waals surface area contributed by atoms with E-state index < -0.39 is 0 Å². The number of carbonyl (C=O) groups excluding carboxylic acids is 2. The van der Waals surface area contributed by atoms with Crippen molar-refractivity contribution in [3.63, 3.8) is 0 Å². The molecule has 1 aliphatic rings. The van der Waals surface area contributed by atoms with Crippen molar-refractivity contribution >= 4 is 29.3 Å². The van der Waals surface area contributed by atoms with Gasteiger partial charge in [0.25, 0.3) is 5.91 Å². The van der Waals surface area contributed by atoms with Crippen LogP contribution in [0.4, 0.5) is 5.69 Å². The van der Waals surface area contributed by atoms with Gasteiger partial charge in [-0.15, -0.1) is 5.10 Å². The van der Waals surface area contributed by atoms with Gasteiger partial charge in [-0.3, -0.25) is 14.7 Å². The molecule has 1 heterocycles. The maximum Gasteiger partial charge on any atom is 0.251 e. The van der Waals surface area contributed by atoms with Gasteiger partial charge in [0.2, 0.25) is 11.1 Å². The van der Waals surface area contributed by atoms with Gasteiger partial charge < -0.3 is 10.6 Å². The van der Waals surface area contributed by atoms with Gasteiger partial charge >= 0.3 is 0 Å². The Morgan fingerprint density at radius 2 is 1.96 bits per heavy atom. The van der Waals surface area contributed by atoms with Crippen LogP contribution in [0.2, 0.25) is 0 Å². The minimum atomic E-state index is -0.156. The molecule has 1 saturated carbocycles. The Morgan fingerprint density at radius 1 is 1.22 bits per heavy atom. The molecule has 7 nitrogen and oxygen atoms in total. The van der Waals surface area contributed by atoms with E-state index >= 15 is 0 Å². The van der Waals surface area contributed by atoms with Gasteiger partial charge in [-0.25, -0.2) is 4.98 Å². The number of carbonyl (C=O) groups is 2. The summed E-state index contributed by atoms with van der Waals surface area (Å²) < 4.78 is 0. The third-order valence-corrected chi connectivity index (χ3v) is 5.61. The van der Waals surface area contributed by atoms with Crippen molar-refractivity contribution in [3.8, 4) is 0 Å². The zero-order chi connectivity index (χ0) is 19.1. The molecule has 0 bridgehead atoms. The van der Waals surface area contributed by atoms with Crippen molar-refractivity contribution in [3.05, 3.63) is 35.7 Å². The van der Waals surface area contributed by atoms with Gasteiger partial charge in [-0.1, -0.05) is 37.4 Å². The fourth-order valence-electron chi connectivity index (χ4n) is 3.27. The first kappa shape index (κ1) is 19.4. The number of anilines is 1. The van der Waals surface area contributed by atoms with Gasteiger partial charge in [-0.05, 0) is 36.6 Å². The van der Waals surface area contributed by atoms with Crippen molar-refractivity contribution in [2.24, 2.45) is 5.92 Å². The van der Waals surface area contributed by atoms with Crippen LogP contribution in [0, 0.1) is 5.92 Å². The molecule has 0 unspecified atom stereocenters. The summed E-state index contributed by atoms with van der Waals surface area (Å²) in [5.41, 5.74) is 1.20. The molecule has 1 fully saturated rings. The molecule has 0 aliphatic heterocycles. The van der Waals surface area contributed by atoms with E-state index in [-0.39, 0.29) is 17.6 Å². The number of rotatable bonds is 8. The lowest BCUT2D eigenvalue weighted by molar-refractivity contribution is -0.113. The molecule has 1 aliphatic carbocycles. The van der Waals surface area contributed by atoms with Crippen LogP contribution in [0.15, 0.2) is 29.4 Å². The van der Waals surface area contributed by atoms with E-state index in [9.17, 15) is 9.59 Å². The smallest absolute Gasteiger partial charge is 0.251 e. The fraction of sp³-hybridized carbons (Fsp3) is 0.474. The maximum atomic E-state index is 12.1. The molecular formula is C19H25N5O2S. The summed E-state index contributed by atoms with van der Waals surface area (Å²) in [5, 5.41) is 13.1. The number of aryl methyl sites for hydroxylation is 1. The Labute approximate surface area is 163 Å². The largest absolute Gasteiger partial charge is 0.355 e. The molecule has 0 radical (unpaired) electrons. The lowest BCUT2D eigenvalue weighted by atomic mass is 10.0. The maximum absolute atomic E-state index is 12.1. The summed E-state index contributed by atoms with van der Waals surface area (Å²) in [6.07, 6.45) is 7.45. The fourth-order valence-corrected chi connectivity index (χ4v) is 3.89. The highest BCUT2D eigenvalue weighted by Crippen LogP contribution is 2.28. The van der Waals surface area contributed by atoms with Crippen LogP contribution in [0.3, 0.4) is 0 Å². The topological polar surface area (TPSA) is 99.8 Å². The van der Waals surface area contributed by atoms with Crippen LogP contribution in [0.1, 0.15) is 48.3 Å². The third-order valence-electron chi connectivity index (χ3n) is 4.77. The van der Waals surface area contributed by atoms with Gasteiger partial charge in [0.05, 0.1) is 5.75 Å². The van der Waals surface area contributed by atoms with E-state index in [1.807, 2.05) is 0 Å². The van der Waals surface area contributed by atoms with E-state index in [1.165, 1.54) is 37.4 Å². The standard InChI is InChI=1S/C19H25N5O2S/c1-20-18(26)14-7-9-15(10-8-14)21-17(25)12-27-19-22-16(23-24-19)11-6-13-4-2-3-5-13/h7-10,13H,2-6,11-12H2,1H3,(H,20,26)(H,21,25)(H,22,23,24). The molecular weight excluding hydrogens is 362 g/mol. The van der Waals surface area contributed by atoms with Crippen LogP contribution in [0.5, 0.6) is 0 Å². The van der Waals surface area contributed by atoms with Crippen LogP contribution >= 0.6 is 11.8 Å². The molecule has 0 saturated heterocycles. The average Bonchev–Trinajstić information content (AvgIpc) is 3.36. The molecule has 1 aromatic heterocycles. The second-order valence-corrected chi connectivity index (χ2v) is 7.69. The lowest BCUT2D eigenvalue weighted by Crippen LogP contribution is -2.18. The van der Waals surface area contributed by atoms with Gasteiger partial charge in [0.15, 0.2) is 0 Å². The quantitative estimate of drug-likeness (QED) is 0.605. The number of hydrogen-bond donors (Lipinski definition) is 3. The molecule has 3 N–H and O–H groups in total. The number of H-pyrrole nitrogens is 1. The first-order valence-corrected chi connectivity index (χ1v) is 10.3. The second-order valence-electron chi connectivity index (χ2n) is 6.75. The van der Waals surface area contributed by atoms with Crippen molar-refractivity contribution in [1.29, 1.82) is 0 Å². The molecule has 3 rings (SSSR count). The summed E-state index contributed by atoms with van der Waals surface area (Å²) in [6, 6.07) is 6.77. The Bertz CT molecular complexity index is 769. The minimum Gasteiger partial charge on any atom is -0.355 e. The molecule has 1 aromatic carbocycles. The Balaban J connectivity index is 1.41. The molecule has 144 valence electrons. The number of aromatic nitrogens is 3. The van der Waals surface area contributed by atoms with E-state index in [4.69, 9.17) is 0 Å². The molecule has 0 spiro atoms. The third kappa shape index (κ3) is 5.82. The number of hydrogen-bond acceptors (Lipinski definition) is 5. The Kier molecular flexibility index (Phi) is 6.86. The van der Waals surface area contributed by atoms with Crippen LogP contribution in [-0.2, 0) is 11.2 Å². The van der Waals surface area contributed by atoms with Crippen LogP contribution in [0.25, 0.3) is 0 Å².